The second-order valence-electron chi connectivity index (χ2n) is 3.83. The summed E-state index contributed by atoms with van der Waals surface area (Å²) in [5, 5.41) is 3.99. The molecule has 2 heterocycles. The van der Waals surface area contributed by atoms with Gasteiger partial charge in [-0.15, -0.1) is 0 Å². The second kappa shape index (κ2) is 2.82. The standard InChI is InChI=1S/C11H11N3O/c1-14-6-13-10-7-4-5-12-9(7)3-2-8(10)11(14)15/h2-3,6,12H,4-5H2,1H3. The highest BCUT2D eigenvalue weighted by Crippen LogP contribution is 2.27. The molecule has 0 atom stereocenters. The van der Waals surface area contributed by atoms with E-state index in [1.54, 1.807) is 13.4 Å². The van der Waals surface area contributed by atoms with Crippen LogP contribution in [0.3, 0.4) is 0 Å². The average molecular weight is 201 g/mol. The van der Waals surface area contributed by atoms with Crippen LogP contribution in [-0.4, -0.2) is 16.1 Å². The van der Waals surface area contributed by atoms with Crippen LogP contribution in [-0.2, 0) is 13.5 Å². The zero-order valence-electron chi connectivity index (χ0n) is 8.45. The maximum Gasteiger partial charge on any atom is 0.260 e. The van der Waals surface area contributed by atoms with Crippen molar-refractivity contribution in [2.45, 2.75) is 6.42 Å². The number of hydrogen-bond donors (Lipinski definition) is 1. The van der Waals surface area contributed by atoms with Crippen molar-refractivity contribution < 1.29 is 0 Å². The molecule has 1 aromatic heterocycles. The van der Waals surface area contributed by atoms with Gasteiger partial charge in [0, 0.05) is 24.8 Å². The molecule has 0 bridgehead atoms. The third-order valence-electron chi connectivity index (χ3n) is 2.88. The van der Waals surface area contributed by atoms with E-state index in [1.165, 1.54) is 10.1 Å². The maximum absolute atomic E-state index is 11.8. The molecular weight excluding hydrogens is 190 g/mol. The number of aromatic nitrogens is 2. The summed E-state index contributed by atoms with van der Waals surface area (Å²) in [7, 11) is 1.72. The molecule has 4 heteroatoms. The molecule has 1 N–H and O–H groups in total. The molecule has 0 amide bonds. The second-order valence-corrected chi connectivity index (χ2v) is 3.83. The molecule has 2 aromatic rings. The van der Waals surface area contributed by atoms with Gasteiger partial charge in [0.15, 0.2) is 0 Å². The van der Waals surface area contributed by atoms with Gasteiger partial charge in [0.05, 0.1) is 17.2 Å². The van der Waals surface area contributed by atoms with E-state index in [2.05, 4.69) is 10.3 Å². The number of rotatable bonds is 0. The minimum Gasteiger partial charge on any atom is -0.384 e. The molecule has 1 aliphatic heterocycles. The largest absolute Gasteiger partial charge is 0.384 e. The van der Waals surface area contributed by atoms with Crippen LogP contribution in [0.2, 0.25) is 0 Å². The number of nitrogens with zero attached hydrogens (tertiary/aromatic N) is 2. The lowest BCUT2D eigenvalue weighted by molar-refractivity contribution is 0.842. The Bertz CT molecular complexity index is 601. The highest BCUT2D eigenvalue weighted by molar-refractivity contribution is 5.87. The van der Waals surface area contributed by atoms with Gasteiger partial charge in [-0.05, 0) is 18.6 Å². The van der Waals surface area contributed by atoms with Crippen molar-refractivity contribution >= 4 is 16.6 Å². The number of benzene rings is 1. The molecule has 0 saturated carbocycles. The van der Waals surface area contributed by atoms with Crippen molar-refractivity contribution in [1.29, 1.82) is 0 Å². The fourth-order valence-corrected chi connectivity index (χ4v) is 2.08. The summed E-state index contributed by atoms with van der Waals surface area (Å²) in [5.74, 6) is 0. The number of aryl methyl sites for hydroxylation is 1. The predicted octanol–water partition coefficient (Wildman–Crippen LogP) is 0.901. The van der Waals surface area contributed by atoms with Crippen molar-refractivity contribution in [1.82, 2.24) is 9.55 Å². The lowest BCUT2D eigenvalue weighted by Crippen LogP contribution is -2.17. The van der Waals surface area contributed by atoms with E-state index in [4.69, 9.17) is 0 Å². The lowest BCUT2D eigenvalue weighted by atomic mass is 10.1. The number of nitrogens with one attached hydrogen (secondary N) is 1. The predicted molar refractivity (Wildman–Crippen MR) is 59.2 cm³/mol. The molecule has 4 nitrogen and oxygen atoms in total. The highest BCUT2D eigenvalue weighted by Gasteiger charge is 2.15. The monoisotopic (exact) mass is 201 g/mol. The van der Waals surface area contributed by atoms with Gasteiger partial charge in [-0.25, -0.2) is 4.98 Å². The molecule has 0 saturated heterocycles. The molecule has 3 rings (SSSR count). The van der Waals surface area contributed by atoms with Crippen LogP contribution in [0.5, 0.6) is 0 Å². The van der Waals surface area contributed by atoms with E-state index >= 15 is 0 Å². The smallest absolute Gasteiger partial charge is 0.260 e. The van der Waals surface area contributed by atoms with E-state index in [1.807, 2.05) is 12.1 Å². The Morgan fingerprint density at radius 1 is 1.47 bits per heavy atom. The van der Waals surface area contributed by atoms with Crippen LogP contribution >= 0.6 is 0 Å². The first kappa shape index (κ1) is 8.47. The first-order valence-corrected chi connectivity index (χ1v) is 4.98. The summed E-state index contributed by atoms with van der Waals surface area (Å²) in [6.45, 7) is 0.936. The Morgan fingerprint density at radius 2 is 2.33 bits per heavy atom. The van der Waals surface area contributed by atoms with Crippen molar-refractivity contribution in [2.24, 2.45) is 7.05 Å². The van der Waals surface area contributed by atoms with Crippen LogP contribution in [0.25, 0.3) is 10.9 Å². The number of hydrogen-bond acceptors (Lipinski definition) is 3. The van der Waals surface area contributed by atoms with E-state index in [0.717, 1.165) is 24.2 Å². The lowest BCUT2D eigenvalue weighted by Gasteiger charge is -2.04. The first-order chi connectivity index (χ1) is 7.27. The van der Waals surface area contributed by atoms with Crippen molar-refractivity contribution in [2.75, 3.05) is 11.9 Å². The molecule has 0 spiro atoms. The van der Waals surface area contributed by atoms with Crippen molar-refractivity contribution in [3.63, 3.8) is 0 Å². The Kier molecular flexibility index (Phi) is 1.59. The van der Waals surface area contributed by atoms with Gasteiger partial charge in [-0.2, -0.15) is 0 Å². The van der Waals surface area contributed by atoms with E-state index in [-0.39, 0.29) is 5.56 Å². The van der Waals surface area contributed by atoms with Gasteiger partial charge in [-0.3, -0.25) is 4.79 Å². The molecule has 0 fully saturated rings. The zero-order valence-corrected chi connectivity index (χ0v) is 8.45. The third-order valence-corrected chi connectivity index (χ3v) is 2.88. The normalized spacial score (nSPS) is 13.9. The summed E-state index contributed by atoms with van der Waals surface area (Å²) in [4.78, 5) is 16.2. The Labute approximate surface area is 86.6 Å². The van der Waals surface area contributed by atoms with Crippen LogP contribution in [0.15, 0.2) is 23.3 Å². The van der Waals surface area contributed by atoms with E-state index < -0.39 is 0 Å². The van der Waals surface area contributed by atoms with E-state index in [0.29, 0.717) is 5.39 Å². The topological polar surface area (TPSA) is 46.9 Å². The summed E-state index contributed by atoms with van der Waals surface area (Å²) >= 11 is 0. The Morgan fingerprint density at radius 3 is 3.20 bits per heavy atom. The first-order valence-electron chi connectivity index (χ1n) is 4.98. The summed E-state index contributed by atoms with van der Waals surface area (Å²) in [6.07, 6.45) is 2.54. The van der Waals surface area contributed by atoms with E-state index in [9.17, 15) is 4.79 Å². The van der Waals surface area contributed by atoms with Crippen LogP contribution in [0, 0.1) is 0 Å². The molecular formula is C11H11N3O. The average Bonchev–Trinajstić information content (AvgIpc) is 2.71. The van der Waals surface area contributed by atoms with Crippen LogP contribution in [0.4, 0.5) is 5.69 Å². The molecule has 1 aliphatic rings. The number of anilines is 1. The minimum absolute atomic E-state index is 0.0229. The summed E-state index contributed by atoms with van der Waals surface area (Å²) < 4.78 is 1.51. The fourth-order valence-electron chi connectivity index (χ4n) is 2.08. The van der Waals surface area contributed by atoms with Crippen molar-refractivity contribution in [3.05, 3.63) is 34.4 Å². The van der Waals surface area contributed by atoms with Crippen LogP contribution < -0.4 is 10.9 Å². The summed E-state index contributed by atoms with van der Waals surface area (Å²) in [5.41, 5.74) is 3.16. The summed E-state index contributed by atoms with van der Waals surface area (Å²) in [6, 6.07) is 3.82. The van der Waals surface area contributed by atoms with Gasteiger partial charge in [-0.1, -0.05) is 0 Å². The van der Waals surface area contributed by atoms with Crippen LogP contribution in [0.1, 0.15) is 5.56 Å². The highest BCUT2D eigenvalue weighted by atomic mass is 16.1. The van der Waals surface area contributed by atoms with Gasteiger partial charge in [0.2, 0.25) is 0 Å². The number of fused-ring (bicyclic) bond motifs is 3. The molecule has 76 valence electrons. The fraction of sp³-hybridized carbons (Fsp3) is 0.273. The Hall–Kier alpha value is -1.84. The zero-order chi connectivity index (χ0) is 10.4. The SMILES string of the molecule is Cn1cnc2c3c(ccc2c1=O)NCC3. The third kappa shape index (κ3) is 1.08. The molecule has 0 radical (unpaired) electrons. The van der Waals surface area contributed by atoms with Crippen molar-refractivity contribution in [3.8, 4) is 0 Å². The minimum atomic E-state index is 0.0229. The Balaban J connectivity index is 2.49. The van der Waals surface area contributed by atoms with Gasteiger partial charge in [0.25, 0.3) is 5.56 Å². The molecule has 15 heavy (non-hydrogen) atoms. The molecule has 0 aliphatic carbocycles. The van der Waals surface area contributed by atoms with Gasteiger partial charge >= 0.3 is 0 Å². The maximum atomic E-state index is 11.8. The van der Waals surface area contributed by atoms with Gasteiger partial charge < -0.3 is 9.88 Å². The van der Waals surface area contributed by atoms with Gasteiger partial charge in [0.1, 0.15) is 0 Å². The molecule has 1 aromatic carbocycles. The quantitative estimate of drug-likeness (QED) is 0.689. The molecule has 0 unspecified atom stereocenters.